The molecular formula is C22H22FN3OS. The fourth-order valence-electron chi connectivity index (χ4n) is 3.39. The number of carbonyl (C=O) groups is 1. The largest absolute Gasteiger partial charge is 0.342 e. The third-order valence-electron chi connectivity index (χ3n) is 4.95. The second kappa shape index (κ2) is 8.19. The molecule has 0 N–H and O–H groups in total. The lowest BCUT2D eigenvalue weighted by Gasteiger charge is -2.16. The number of likely N-dealkylation sites (tertiary alicyclic amines) is 1. The van der Waals surface area contributed by atoms with Crippen molar-refractivity contribution in [2.24, 2.45) is 0 Å². The fraction of sp³-hybridized carbons (Fsp3) is 0.273. The molecule has 2 aromatic carbocycles. The predicted molar refractivity (Wildman–Crippen MR) is 110 cm³/mol. The van der Waals surface area contributed by atoms with Gasteiger partial charge in [0.2, 0.25) is 5.91 Å². The Morgan fingerprint density at radius 3 is 2.43 bits per heavy atom. The van der Waals surface area contributed by atoms with Gasteiger partial charge in [-0.15, -0.1) is 0 Å². The topological polar surface area (TPSA) is 38.1 Å². The van der Waals surface area contributed by atoms with Crippen LogP contribution in [0.4, 0.5) is 4.39 Å². The first kappa shape index (κ1) is 18.7. The van der Waals surface area contributed by atoms with Crippen LogP contribution >= 0.6 is 11.8 Å². The van der Waals surface area contributed by atoms with Crippen molar-refractivity contribution in [1.82, 2.24) is 14.5 Å². The summed E-state index contributed by atoms with van der Waals surface area (Å²) in [5.41, 5.74) is 3.95. The Kier molecular flexibility index (Phi) is 5.48. The molecule has 0 spiro atoms. The quantitative estimate of drug-likeness (QED) is 0.588. The molecule has 1 aromatic heterocycles. The van der Waals surface area contributed by atoms with Crippen LogP contribution in [-0.4, -0.2) is 39.2 Å². The van der Waals surface area contributed by atoms with Crippen molar-refractivity contribution < 1.29 is 9.18 Å². The third kappa shape index (κ3) is 3.97. The van der Waals surface area contributed by atoms with Gasteiger partial charge >= 0.3 is 0 Å². The van der Waals surface area contributed by atoms with E-state index in [1.807, 2.05) is 22.6 Å². The molecule has 0 unspecified atom stereocenters. The minimum Gasteiger partial charge on any atom is -0.342 e. The van der Waals surface area contributed by atoms with Crippen LogP contribution < -0.4 is 0 Å². The number of thioether (sulfide) groups is 1. The van der Waals surface area contributed by atoms with Crippen LogP contribution in [0.25, 0.3) is 16.9 Å². The van der Waals surface area contributed by atoms with Crippen LogP contribution in [0, 0.1) is 12.7 Å². The number of rotatable bonds is 5. The molecule has 1 aliphatic heterocycles. The number of amides is 1. The highest BCUT2D eigenvalue weighted by molar-refractivity contribution is 7.99. The first-order valence-corrected chi connectivity index (χ1v) is 10.4. The number of aryl methyl sites for hydroxylation is 1. The monoisotopic (exact) mass is 395 g/mol. The molecule has 1 aliphatic rings. The van der Waals surface area contributed by atoms with E-state index >= 15 is 0 Å². The highest BCUT2D eigenvalue weighted by Gasteiger charge is 2.20. The second-order valence-electron chi connectivity index (χ2n) is 6.98. The molecule has 4 nitrogen and oxygen atoms in total. The van der Waals surface area contributed by atoms with Gasteiger partial charge in [0, 0.05) is 24.3 Å². The average molecular weight is 396 g/mol. The molecule has 0 radical (unpaired) electrons. The lowest BCUT2D eigenvalue weighted by Crippen LogP contribution is -2.29. The molecule has 0 atom stereocenters. The molecule has 6 heteroatoms. The number of nitrogens with zero attached hydrogens (tertiary/aromatic N) is 3. The lowest BCUT2D eigenvalue weighted by molar-refractivity contribution is -0.127. The van der Waals surface area contributed by atoms with Gasteiger partial charge in [0.25, 0.3) is 0 Å². The maximum atomic E-state index is 13.4. The summed E-state index contributed by atoms with van der Waals surface area (Å²) in [7, 11) is 0. The van der Waals surface area contributed by atoms with Gasteiger partial charge in [0.1, 0.15) is 5.82 Å². The van der Waals surface area contributed by atoms with Crippen molar-refractivity contribution in [2.45, 2.75) is 24.9 Å². The Morgan fingerprint density at radius 2 is 1.75 bits per heavy atom. The van der Waals surface area contributed by atoms with E-state index < -0.39 is 0 Å². The Morgan fingerprint density at radius 1 is 1.07 bits per heavy atom. The second-order valence-corrected chi connectivity index (χ2v) is 7.92. The highest BCUT2D eigenvalue weighted by Crippen LogP contribution is 2.30. The van der Waals surface area contributed by atoms with Crippen molar-refractivity contribution in [3.05, 3.63) is 66.1 Å². The summed E-state index contributed by atoms with van der Waals surface area (Å²) in [6.45, 7) is 3.74. The van der Waals surface area contributed by atoms with Crippen LogP contribution in [0.5, 0.6) is 0 Å². The van der Waals surface area contributed by atoms with E-state index in [9.17, 15) is 9.18 Å². The molecule has 28 heavy (non-hydrogen) atoms. The smallest absolute Gasteiger partial charge is 0.233 e. The van der Waals surface area contributed by atoms with Gasteiger partial charge in [-0.3, -0.25) is 9.36 Å². The standard InChI is InChI=1S/C22H22FN3OS/c1-16-4-6-17(7-5-16)20-14-24-22(26(20)19-10-8-18(23)9-11-19)28-15-21(27)25-12-2-3-13-25/h4-11,14H,2-3,12-13,15H2,1H3. The number of carbonyl (C=O) groups excluding carboxylic acids is 1. The fourth-order valence-corrected chi connectivity index (χ4v) is 4.28. The van der Waals surface area contributed by atoms with E-state index in [2.05, 4.69) is 29.2 Å². The molecule has 0 aliphatic carbocycles. The van der Waals surface area contributed by atoms with E-state index in [-0.39, 0.29) is 11.7 Å². The molecule has 2 heterocycles. The summed E-state index contributed by atoms with van der Waals surface area (Å²) >= 11 is 1.43. The van der Waals surface area contributed by atoms with Crippen LogP contribution in [0.15, 0.2) is 59.9 Å². The minimum atomic E-state index is -0.279. The Hall–Kier alpha value is -2.60. The number of benzene rings is 2. The van der Waals surface area contributed by atoms with Gasteiger partial charge in [-0.1, -0.05) is 41.6 Å². The number of halogens is 1. The number of hydrogen-bond donors (Lipinski definition) is 0. The van der Waals surface area contributed by atoms with Crippen molar-refractivity contribution in [3.8, 4) is 16.9 Å². The Balaban J connectivity index is 1.66. The van der Waals surface area contributed by atoms with Crippen molar-refractivity contribution in [3.63, 3.8) is 0 Å². The van der Waals surface area contributed by atoms with Crippen molar-refractivity contribution in [2.75, 3.05) is 18.8 Å². The van der Waals surface area contributed by atoms with Crippen LogP contribution in [0.3, 0.4) is 0 Å². The highest BCUT2D eigenvalue weighted by atomic mass is 32.2. The van der Waals surface area contributed by atoms with Crippen molar-refractivity contribution >= 4 is 17.7 Å². The lowest BCUT2D eigenvalue weighted by atomic mass is 10.1. The van der Waals surface area contributed by atoms with E-state index in [0.717, 1.165) is 48.0 Å². The summed E-state index contributed by atoms with van der Waals surface area (Å²) in [6, 6.07) is 14.6. The van der Waals surface area contributed by atoms with Gasteiger partial charge < -0.3 is 4.90 Å². The summed E-state index contributed by atoms with van der Waals surface area (Å²) in [6.07, 6.45) is 3.98. The van der Waals surface area contributed by atoms with E-state index in [4.69, 9.17) is 0 Å². The molecule has 1 fully saturated rings. The average Bonchev–Trinajstić information content (AvgIpc) is 3.38. The van der Waals surface area contributed by atoms with Gasteiger partial charge in [0.15, 0.2) is 5.16 Å². The summed E-state index contributed by atoms with van der Waals surface area (Å²) in [5.74, 6) is 0.221. The summed E-state index contributed by atoms with van der Waals surface area (Å²) < 4.78 is 15.4. The number of imidazole rings is 1. The first-order chi connectivity index (χ1) is 13.6. The normalized spacial score (nSPS) is 13.9. The SMILES string of the molecule is Cc1ccc(-c2cnc(SCC(=O)N3CCCC3)n2-c2ccc(F)cc2)cc1. The van der Waals surface area contributed by atoms with E-state index in [0.29, 0.717) is 5.75 Å². The number of hydrogen-bond acceptors (Lipinski definition) is 3. The van der Waals surface area contributed by atoms with Crippen LogP contribution in [-0.2, 0) is 4.79 Å². The van der Waals surface area contributed by atoms with Crippen LogP contribution in [0.2, 0.25) is 0 Å². The number of aromatic nitrogens is 2. The Bertz CT molecular complexity index is 960. The third-order valence-corrected chi connectivity index (χ3v) is 5.88. The predicted octanol–water partition coefficient (Wildman–Crippen LogP) is 4.70. The molecule has 1 saturated heterocycles. The molecule has 4 rings (SSSR count). The van der Waals surface area contributed by atoms with E-state index in [1.165, 1.54) is 29.5 Å². The molecule has 144 valence electrons. The zero-order valence-corrected chi connectivity index (χ0v) is 16.6. The maximum absolute atomic E-state index is 13.4. The summed E-state index contributed by atoms with van der Waals surface area (Å²) in [4.78, 5) is 18.9. The zero-order valence-electron chi connectivity index (χ0n) is 15.8. The van der Waals surface area contributed by atoms with E-state index in [1.54, 1.807) is 12.1 Å². The van der Waals surface area contributed by atoms with Gasteiger partial charge in [-0.05, 0) is 44.0 Å². The van der Waals surface area contributed by atoms with Crippen molar-refractivity contribution in [1.29, 1.82) is 0 Å². The molecule has 0 saturated carbocycles. The molecule has 1 amide bonds. The minimum absolute atomic E-state index is 0.146. The van der Waals surface area contributed by atoms with Gasteiger partial charge in [-0.2, -0.15) is 0 Å². The van der Waals surface area contributed by atoms with Gasteiger partial charge in [-0.25, -0.2) is 9.37 Å². The first-order valence-electron chi connectivity index (χ1n) is 9.43. The van der Waals surface area contributed by atoms with Crippen LogP contribution in [0.1, 0.15) is 18.4 Å². The zero-order chi connectivity index (χ0) is 19.5. The van der Waals surface area contributed by atoms with Gasteiger partial charge in [0.05, 0.1) is 17.6 Å². The maximum Gasteiger partial charge on any atom is 0.233 e. The molecule has 3 aromatic rings. The molecule has 0 bridgehead atoms. The molecular weight excluding hydrogens is 373 g/mol. The Labute approximate surface area is 168 Å². The summed E-state index contributed by atoms with van der Waals surface area (Å²) in [5, 5.41) is 0.731.